The van der Waals surface area contributed by atoms with Crippen LogP contribution in [-0.4, -0.2) is 22.3 Å². The fourth-order valence-electron chi connectivity index (χ4n) is 2.61. The second kappa shape index (κ2) is 9.09. The lowest BCUT2D eigenvalue weighted by Gasteiger charge is -2.21. The van der Waals surface area contributed by atoms with Gasteiger partial charge >= 0.3 is 0 Å². The molecule has 1 amide bonds. The van der Waals surface area contributed by atoms with E-state index in [2.05, 4.69) is 20.9 Å². The number of nitrogens with zero attached hydrogens (tertiary/aromatic N) is 3. The highest BCUT2D eigenvalue weighted by molar-refractivity contribution is 9.10. The fourth-order valence-corrected chi connectivity index (χ4v) is 4.11. The van der Waals surface area contributed by atoms with Gasteiger partial charge in [0.2, 0.25) is 5.91 Å². The average Bonchev–Trinajstić information content (AvgIpc) is 2.89. The van der Waals surface area contributed by atoms with Crippen LogP contribution in [0.4, 0.5) is 5.69 Å². The highest BCUT2D eigenvalue weighted by Gasteiger charge is 2.21. The Morgan fingerprint density at radius 1 is 1.32 bits per heavy atom. The quantitative estimate of drug-likeness (QED) is 0.397. The van der Waals surface area contributed by atoms with Gasteiger partial charge in [-0.25, -0.2) is 4.98 Å². The van der Waals surface area contributed by atoms with Crippen LogP contribution in [0.1, 0.15) is 18.2 Å². The maximum absolute atomic E-state index is 11.7. The molecule has 0 atom stereocenters. The number of pyridine rings is 1. The Labute approximate surface area is 192 Å². The number of aryl methyl sites for hydroxylation is 1. The molecule has 0 aliphatic rings. The van der Waals surface area contributed by atoms with Crippen molar-refractivity contribution in [3.8, 4) is 5.75 Å². The third kappa shape index (κ3) is 4.21. The van der Waals surface area contributed by atoms with Gasteiger partial charge in [0, 0.05) is 25.7 Å². The molecule has 0 aliphatic heterocycles. The Morgan fingerprint density at radius 2 is 2.00 bits per heavy atom. The van der Waals surface area contributed by atoms with Crippen LogP contribution in [0.15, 0.2) is 29.0 Å². The first kappa shape index (κ1) is 23.1. The van der Waals surface area contributed by atoms with Crippen LogP contribution in [-0.2, 0) is 11.4 Å². The summed E-state index contributed by atoms with van der Waals surface area (Å²) >= 11 is 22.6. The van der Waals surface area contributed by atoms with Crippen molar-refractivity contribution < 1.29 is 9.53 Å². The number of hydrogen-bond donors (Lipinski definition) is 0. The van der Waals surface area contributed by atoms with E-state index >= 15 is 0 Å². The zero-order valence-electron chi connectivity index (χ0n) is 15.1. The van der Waals surface area contributed by atoms with Crippen LogP contribution >= 0.6 is 63.1 Å². The largest absolute Gasteiger partial charge is 0.485 e. The maximum atomic E-state index is 11.7. The molecule has 2 heterocycles. The topological polar surface area (TPSA) is 46.8 Å². The van der Waals surface area contributed by atoms with E-state index in [1.54, 1.807) is 13.1 Å². The third-order valence-corrected chi connectivity index (χ3v) is 6.12. The molecule has 3 rings (SSSR count). The minimum atomic E-state index is -0.199. The summed E-state index contributed by atoms with van der Waals surface area (Å²) in [5, 5.41) is 0.928. The Balaban J connectivity index is 0.00000280. The lowest BCUT2D eigenvalue weighted by atomic mass is 10.2. The van der Waals surface area contributed by atoms with Crippen molar-refractivity contribution in [3.05, 3.63) is 55.3 Å². The number of carbonyl (C=O) groups is 1. The molecule has 10 heteroatoms. The van der Waals surface area contributed by atoms with Crippen LogP contribution < -0.4 is 9.64 Å². The standard InChI is InChI=1S/C18H15BrCl3N3O2.ClH/c1-9-17(19)25-6-4-5-14(18(25)23-9)27-8-11-12(20)7-13(21)16(15(11)22)24(3)10(2)26;/h4-7H,8H2,1-3H3;1H. The van der Waals surface area contributed by atoms with Crippen LogP contribution in [0, 0.1) is 6.92 Å². The van der Waals surface area contributed by atoms with E-state index in [-0.39, 0.29) is 29.9 Å². The summed E-state index contributed by atoms with van der Waals surface area (Å²) in [6, 6.07) is 5.22. The van der Waals surface area contributed by atoms with E-state index in [1.165, 1.54) is 11.8 Å². The summed E-state index contributed by atoms with van der Waals surface area (Å²) in [6.45, 7) is 3.42. The molecule has 150 valence electrons. The monoisotopic (exact) mass is 525 g/mol. The summed E-state index contributed by atoms with van der Waals surface area (Å²) in [4.78, 5) is 17.6. The Kier molecular flexibility index (Phi) is 7.50. The zero-order chi connectivity index (χ0) is 19.9. The minimum absolute atomic E-state index is 0. The van der Waals surface area contributed by atoms with E-state index < -0.39 is 0 Å². The van der Waals surface area contributed by atoms with E-state index in [1.807, 2.05) is 29.7 Å². The first-order valence-corrected chi connectivity index (χ1v) is 9.81. The predicted octanol–water partition coefficient (Wildman–Crippen LogP) is 6.35. The Morgan fingerprint density at radius 3 is 2.64 bits per heavy atom. The number of anilines is 1. The molecule has 2 aromatic heterocycles. The average molecular weight is 528 g/mol. The molecule has 0 N–H and O–H groups in total. The molecule has 0 bridgehead atoms. The van der Waals surface area contributed by atoms with Gasteiger partial charge in [0.1, 0.15) is 11.2 Å². The van der Waals surface area contributed by atoms with Crippen molar-refractivity contribution in [1.82, 2.24) is 9.38 Å². The Hall–Kier alpha value is -1.18. The fraction of sp³-hybridized carbons (Fsp3) is 0.222. The van der Waals surface area contributed by atoms with Gasteiger partial charge in [-0.15, -0.1) is 12.4 Å². The molecule has 28 heavy (non-hydrogen) atoms. The second-order valence-electron chi connectivity index (χ2n) is 5.90. The molecular weight excluding hydrogens is 512 g/mol. The molecule has 0 aliphatic carbocycles. The van der Waals surface area contributed by atoms with Gasteiger partial charge in [0.15, 0.2) is 11.4 Å². The zero-order valence-corrected chi connectivity index (χ0v) is 19.8. The molecule has 3 aromatic rings. The van der Waals surface area contributed by atoms with Crippen molar-refractivity contribution in [3.63, 3.8) is 0 Å². The number of fused-ring (bicyclic) bond motifs is 1. The number of hydrogen-bond acceptors (Lipinski definition) is 3. The normalized spacial score (nSPS) is 10.7. The molecule has 0 saturated heterocycles. The number of carbonyl (C=O) groups excluding carboxylic acids is 1. The highest BCUT2D eigenvalue weighted by atomic mass is 79.9. The third-order valence-electron chi connectivity index (χ3n) is 4.14. The van der Waals surface area contributed by atoms with Crippen LogP contribution in [0.3, 0.4) is 0 Å². The molecule has 1 aromatic carbocycles. The van der Waals surface area contributed by atoms with E-state index in [0.29, 0.717) is 32.7 Å². The summed E-state index contributed by atoms with van der Waals surface area (Å²) in [5.74, 6) is 0.380. The smallest absolute Gasteiger partial charge is 0.223 e. The predicted molar refractivity (Wildman–Crippen MR) is 120 cm³/mol. The van der Waals surface area contributed by atoms with E-state index in [9.17, 15) is 4.79 Å². The number of halogens is 5. The molecule has 0 unspecified atom stereocenters. The number of aromatic nitrogens is 2. The van der Waals surface area contributed by atoms with Crippen molar-refractivity contribution in [2.75, 3.05) is 11.9 Å². The van der Waals surface area contributed by atoms with Gasteiger partial charge in [0.05, 0.1) is 26.4 Å². The number of imidazole rings is 1. The van der Waals surface area contributed by atoms with Crippen molar-refractivity contribution in [1.29, 1.82) is 0 Å². The van der Waals surface area contributed by atoms with Crippen LogP contribution in [0.25, 0.3) is 5.65 Å². The van der Waals surface area contributed by atoms with E-state index in [0.717, 1.165) is 10.3 Å². The first-order chi connectivity index (χ1) is 12.7. The van der Waals surface area contributed by atoms with Gasteiger partial charge in [-0.3, -0.25) is 9.20 Å². The summed E-state index contributed by atoms with van der Waals surface area (Å²) in [6.07, 6.45) is 1.88. The van der Waals surface area contributed by atoms with Crippen molar-refractivity contribution in [2.45, 2.75) is 20.5 Å². The van der Waals surface area contributed by atoms with Gasteiger partial charge in [0.25, 0.3) is 0 Å². The lowest BCUT2D eigenvalue weighted by molar-refractivity contribution is -0.116. The molecule has 0 fully saturated rings. The first-order valence-electron chi connectivity index (χ1n) is 7.89. The van der Waals surface area contributed by atoms with Gasteiger partial charge in [-0.05, 0) is 41.1 Å². The van der Waals surface area contributed by atoms with Crippen LogP contribution in [0.5, 0.6) is 5.75 Å². The van der Waals surface area contributed by atoms with Gasteiger partial charge < -0.3 is 9.64 Å². The lowest BCUT2D eigenvalue weighted by Crippen LogP contribution is -2.24. The number of amides is 1. The molecule has 0 spiro atoms. The number of rotatable bonds is 4. The second-order valence-corrected chi connectivity index (χ2v) is 7.85. The summed E-state index contributed by atoms with van der Waals surface area (Å²) < 4.78 is 8.69. The highest BCUT2D eigenvalue weighted by Crippen LogP contribution is 2.40. The molecular formula is C18H16BrCl4N3O2. The number of benzene rings is 1. The summed E-state index contributed by atoms with van der Waals surface area (Å²) in [7, 11) is 1.60. The maximum Gasteiger partial charge on any atom is 0.223 e. The van der Waals surface area contributed by atoms with Crippen molar-refractivity contribution >= 4 is 80.4 Å². The van der Waals surface area contributed by atoms with Crippen LogP contribution in [0.2, 0.25) is 15.1 Å². The molecule has 0 saturated carbocycles. The van der Waals surface area contributed by atoms with Gasteiger partial charge in [-0.1, -0.05) is 34.8 Å². The van der Waals surface area contributed by atoms with Crippen molar-refractivity contribution in [2.24, 2.45) is 0 Å². The molecule has 5 nitrogen and oxygen atoms in total. The minimum Gasteiger partial charge on any atom is -0.485 e. The molecule has 0 radical (unpaired) electrons. The SMILES string of the molecule is CC(=O)N(C)c1c(Cl)cc(Cl)c(COc2cccn3c(Br)c(C)nc23)c1Cl.Cl. The summed E-state index contributed by atoms with van der Waals surface area (Å²) in [5.41, 5.74) is 2.45. The van der Waals surface area contributed by atoms with E-state index in [4.69, 9.17) is 39.5 Å². The number of ether oxygens (including phenoxy) is 1. The Bertz CT molecular complexity index is 1060. The van der Waals surface area contributed by atoms with Gasteiger partial charge in [-0.2, -0.15) is 0 Å².